The highest BCUT2D eigenvalue weighted by Crippen LogP contribution is 2.47. The third kappa shape index (κ3) is 8.86. The van der Waals surface area contributed by atoms with E-state index in [1.54, 1.807) is 33.9 Å². The lowest BCUT2D eigenvalue weighted by Crippen LogP contribution is -2.59. The van der Waals surface area contributed by atoms with Gasteiger partial charge in [-0.2, -0.15) is 0 Å². The molecule has 4 aliphatic rings. The molecule has 2 aliphatic heterocycles. The number of benzene rings is 1. The van der Waals surface area contributed by atoms with E-state index < -0.39 is 73.8 Å². The highest BCUT2D eigenvalue weighted by molar-refractivity contribution is 7.91. The van der Waals surface area contributed by atoms with E-state index in [4.69, 9.17) is 14.2 Å². The molecule has 0 radical (unpaired) electrons. The van der Waals surface area contributed by atoms with Gasteiger partial charge in [0, 0.05) is 23.9 Å². The third-order valence-corrected chi connectivity index (χ3v) is 13.4. The molecule has 55 heavy (non-hydrogen) atoms. The summed E-state index contributed by atoms with van der Waals surface area (Å²) in [6.07, 6.45) is 7.16. The standard InChI is InChI=1S/C40H55N5O9S/c1-8-52-28-13-14-30-26(20-28)15-18-41-34(30)53-29-21-31-33(46)43-40(36(48)44-55(50,51)39(7)16-17-39)22-27(40)12-10-9-11-24(2)19-25(3)32(35(47)45(31)23-29)42-37(49)54-38(4,5)6/h10,12-15,18,20,24-25,27,29,31-32H,8-9,11,16-17,19,21-23H2,1-7H3,(H,42,49)(H,43,46)(H,44,48)/b12-10-/t24-,25+,27+,29+,31-,32-,40+/m0/s1. The third-order valence-electron chi connectivity index (χ3n) is 11.2. The van der Waals surface area contributed by atoms with Crippen LogP contribution in [0.15, 0.2) is 42.6 Å². The fraction of sp³-hybridized carbons (Fsp3) is 0.625. The maximum Gasteiger partial charge on any atom is 0.408 e. The predicted molar refractivity (Wildman–Crippen MR) is 206 cm³/mol. The van der Waals surface area contributed by atoms with Crippen LogP contribution in [0.25, 0.3) is 10.8 Å². The molecule has 2 aromatic rings. The minimum atomic E-state index is -4.00. The van der Waals surface area contributed by atoms with Gasteiger partial charge in [-0.15, -0.1) is 0 Å². The smallest absolute Gasteiger partial charge is 0.408 e. The summed E-state index contributed by atoms with van der Waals surface area (Å²) >= 11 is 0. The summed E-state index contributed by atoms with van der Waals surface area (Å²) in [5.74, 6) is -1.54. The summed E-state index contributed by atoms with van der Waals surface area (Å²) in [7, 11) is -4.00. The molecule has 300 valence electrons. The maximum atomic E-state index is 14.8. The summed E-state index contributed by atoms with van der Waals surface area (Å²) in [5, 5.41) is 7.26. The Labute approximate surface area is 323 Å². The van der Waals surface area contributed by atoms with Crippen molar-refractivity contribution < 1.29 is 41.8 Å². The zero-order valence-corrected chi connectivity index (χ0v) is 33.7. The highest BCUT2D eigenvalue weighted by Gasteiger charge is 2.63. The maximum absolute atomic E-state index is 14.8. The Kier molecular flexibility index (Phi) is 11.2. The number of ether oxygens (including phenoxy) is 3. The Balaban J connectivity index is 1.34. The monoisotopic (exact) mass is 781 g/mol. The van der Waals surface area contributed by atoms with Crippen molar-refractivity contribution in [3.8, 4) is 11.6 Å². The highest BCUT2D eigenvalue weighted by atomic mass is 32.2. The number of fused-ring (bicyclic) bond motifs is 3. The lowest BCUT2D eigenvalue weighted by Gasteiger charge is -2.33. The van der Waals surface area contributed by atoms with E-state index >= 15 is 0 Å². The number of aromatic nitrogens is 1. The summed E-state index contributed by atoms with van der Waals surface area (Å²) in [6, 6.07) is 5.21. The number of hydrogen-bond acceptors (Lipinski definition) is 10. The van der Waals surface area contributed by atoms with E-state index in [-0.39, 0.29) is 31.2 Å². The Morgan fingerprint density at radius 1 is 1.11 bits per heavy atom. The first-order valence-corrected chi connectivity index (χ1v) is 20.9. The molecule has 7 atom stereocenters. The Bertz CT molecular complexity index is 1960. The summed E-state index contributed by atoms with van der Waals surface area (Å²) < 4.78 is 45.3. The van der Waals surface area contributed by atoms with Crippen LogP contribution < -0.4 is 24.8 Å². The van der Waals surface area contributed by atoms with Crippen molar-refractivity contribution in [3.05, 3.63) is 42.6 Å². The molecule has 15 heteroatoms. The molecule has 6 rings (SSSR count). The van der Waals surface area contributed by atoms with E-state index in [0.717, 1.165) is 11.8 Å². The number of nitrogens with one attached hydrogen (secondary N) is 3. The zero-order valence-electron chi connectivity index (χ0n) is 32.8. The molecule has 14 nitrogen and oxygen atoms in total. The summed E-state index contributed by atoms with van der Waals surface area (Å²) in [6.45, 7) is 13.2. The van der Waals surface area contributed by atoms with Gasteiger partial charge in [-0.1, -0.05) is 26.0 Å². The number of sulfonamides is 1. The minimum absolute atomic E-state index is 0.0178. The van der Waals surface area contributed by atoms with Crippen molar-refractivity contribution in [2.75, 3.05) is 13.2 Å². The van der Waals surface area contributed by atoms with Crippen LogP contribution in [0.2, 0.25) is 0 Å². The number of hydrogen-bond donors (Lipinski definition) is 3. The molecule has 0 spiro atoms. The molecule has 3 fully saturated rings. The lowest BCUT2D eigenvalue weighted by atomic mass is 9.88. The van der Waals surface area contributed by atoms with E-state index in [1.165, 1.54) is 4.90 Å². The van der Waals surface area contributed by atoms with Gasteiger partial charge in [0.05, 0.1) is 17.9 Å². The van der Waals surface area contributed by atoms with Gasteiger partial charge >= 0.3 is 6.09 Å². The zero-order chi connectivity index (χ0) is 39.9. The van der Waals surface area contributed by atoms with Gasteiger partial charge in [0.25, 0.3) is 5.91 Å². The van der Waals surface area contributed by atoms with Crippen LogP contribution in [0.3, 0.4) is 0 Å². The first-order valence-electron chi connectivity index (χ1n) is 19.4. The van der Waals surface area contributed by atoms with Gasteiger partial charge in [-0.25, -0.2) is 18.2 Å². The van der Waals surface area contributed by atoms with Gasteiger partial charge in [0.1, 0.15) is 35.1 Å². The quantitative estimate of drug-likeness (QED) is 0.316. The molecule has 0 bridgehead atoms. The second-order valence-electron chi connectivity index (χ2n) is 17.0. The molecule has 2 aliphatic carbocycles. The van der Waals surface area contributed by atoms with E-state index in [2.05, 4.69) is 27.3 Å². The molecule has 1 saturated heterocycles. The average molecular weight is 782 g/mol. The van der Waals surface area contributed by atoms with Crippen LogP contribution in [-0.2, 0) is 29.1 Å². The SMILES string of the molecule is CCOc1ccc2c(O[C@@H]3C[C@H]4C(=O)N[C@]5(C(=O)NS(=O)(=O)C6(C)CC6)C[C@H]5/C=C\CC[C@H](C)C[C@@H](C)[C@H](NC(=O)OC(C)(C)C)C(=O)N4C3)nccc2c1. The molecule has 3 heterocycles. The van der Waals surface area contributed by atoms with Crippen LogP contribution in [0.4, 0.5) is 4.79 Å². The second kappa shape index (κ2) is 15.3. The lowest BCUT2D eigenvalue weighted by molar-refractivity contribution is -0.142. The molecule has 4 amide bonds. The van der Waals surface area contributed by atoms with Gasteiger partial charge in [0.2, 0.25) is 27.7 Å². The average Bonchev–Trinajstić information content (AvgIpc) is 3.98. The second-order valence-corrected chi connectivity index (χ2v) is 19.2. The van der Waals surface area contributed by atoms with Crippen molar-refractivity contribution in [1.82, 2.24) is 25.2 Å². The number of pyridine rings is 1. The number of carbonyl (C=O) groups is 4. The van der Waals surface area contributed by atoms with Crippen LogP contribution in [0.5, 0.6) is 11.6 Å². The molecular weight excluding hydrogens is 727 g/mol. The molecule has 1 aromatic heterocycles. The summed E-state index contributed by atoms with van der Waals surface area (Å²) in [5.41, 5.74) is -2.35. The van der Waals surface area contributed by atoms with Crippen molar-refractivity contribution in [2.24, 2.45) is 17.8 Å². The number of carbonyl (C=O) groups excluding carboxylic acids is 4. The van der Waals surface area contributed by atoms with E-state index in [1.807, 2.05) is 50.3 Å². The Morgan fingerprint density at radius 2 is 1.85 bits per heavy atom. The number of rotatable bonds is 8. The molecule has 2 saturated carbocycles. The molecule has 1 aromatic carbocycles. The van der Waals surface area contributed by atoms with Crippen LogP contribution >= 0.6 is 0 Å². The fourth-order valence-electron chi connectivity index (χ4n) is 7.67. The largest absolute Gasteiger partial charge is 0.494 e. The van der Waals surface area contributed by atoms with Gasteiger partial charge in [-0.3, -0.25) is 19.1 Å². The number of amides is 4. The Hall–Kier alpha value is -4.40. The van der Waals surface area contributed by atoms with Gasteiger partial charge in [0.15, 0.2) is 0 Å². The first-order chi connectivity index (χ1) is 25.8. The first kappa shape index (κ1) is 40.3. The van der Waals surface area contributed by atoms with Crippen LogP contribution in [-0.4, -0.2) is 89.3 Å². The van der Waals surface area contributed by atoms with Crippen LogP contribution in [0.1, 0.15) is 93.4 Å². The fourth-order valence-corrected chi connectivity index (χ4v) is 8.98. The van der Waals surface area contributed by atoms with Crippen LogP contribution in [0, 0.1) is 17.8 Å². The predicted octanol–water partition coefficient (Wildman–Crippen LogP) is 4.76. The summed E-state index contributed by atoms with van der Waals surface area (Å²) in [4.78, 5) is 62.3. The minimum Gasteiger partial charge on any atom is -0.494 e. The number of nitrogens with zero attached hydrogens (tertiary/aromatic N) is 2. The van der Waals surface area contributed by atoms with Crippen molar-refractivity contribution >= 4 is 44.6 Å². The van der Waals surface area contributed by atoms with Crippen molar-refractivity contribution in [3.63, 3.8) is 0 Å². The Morgan fingerprint density at radius 3 is 2.55 bits per heavy atom. The molecular formula is C40H55N5O9S. The normalized spacial score (nSPS) is 30.1. The van der Waals surface area contributed by atoms with Gasteiger partial charge in [-0.05, 0) is 115 Å². The number of alkyl carbamates (subject to hydrolysis) is 1. The number of allylic oxidation sites excluding steroid dienone is 1. The van der Waals surface area contributed by atoms with Crippen molar-refractivity contribution in [2.45, 2.75) is 127 Å². The van der Waals surface area contributed by atoms with Gasteiger partial charge < -0.3 is 29.7 Å². The van der Waals surface area contributed by atoms with E-state index in [9.17, 15) is 27.6 Å². The molecule has 3 N–H and O–H groups in total. The topological polar surface area (TPSA) is 182 Å². The van der Waals surface area contributed by atoms with E-state index in [0.29, 0.717) is 49.3 Å². The van der Waals surface area contributed by atoms with Crippen molar-refractivity contribution in [1.29, 1.82) is 0 Å². The molecule has 0 unspecified atom stereocenters.